The van der Waals surface area contributed by atoms with E-state index in [1.54, 1.807) is 18.2 Å². The van der Waals surface area contributed by atoms with Gasteiger partial charge in [0.1, 0.15) is 11.5 Å². The molecule has 5 heteroatoms. The molecule has 0 aromatic heterocycles. The topological polar surface area (TPSA) is 61.8 Å². The van der Waals surface area contributed by atoms with Crippen molar-refractivity contribution in [2.24, 2.45) is 0 Å². The van der Waals surface area contributed by atoms with Crippen molar-refractivity contribution in [2.45, 2.75) is 20.3 Å². The molecular formula is C25H24O5. The first kappa shape index (κ1) is 21.1. The van der Waals surface area contributed by atoms with Gasteiger partial charge < -0.3 is 14.2 Å². The second kappa shape index (κ2) is 10.3. The summed E-state index contributed by atoms with van der Waals surface area (Å²) < 4.78 is 16.1. The zero-order chi connectivity index (χ0) is 21.3. The van der Waals surface area contributed by atoms with Crippen LogP contribution in [0, 0.1) is 13.8 Å². The molecule has 0 saturated heterocycles. The molecule has 0 saturated carbocycles. The zero-order valence-corrected chi connectivity index (χ0v) is 17.1. The summed E-state index contributed by atoms with van der Waals surface area (Å²) in [4.78, 5) is 24.4. The van der Waals surface area contributed by atoms with Crippen LogP contribution in [0.15, 0.2) is 72.8 Å². The highest BCUT2D eigenvalue weighted by molar-refractivity contribution is 5.90. The SMILES string of the molecule is Cc1cc(C)cc(OCC(=O)Oc2cccc(C(=O)OCCc3ccccc3)c2)c1. The Morgan fingerprint density at radius 2 is 1.53 bits per heavy atom. The third-order valence-corrected chi connectivity index (χ3v) is 4.32. The predicted octanol–water partition coefficient (Wildman–Crippen LogP) is 4.69. The summed E-state index contributed by atoms with van der Waals surface area (Å²) in [5, 5.41) is 0. The number of esters is 2. The minimum atomic E-state index is -0.552. The van der Waals surface area contributed by atoms with Crippen LogP contribution in [0.5, 0.6) is 11.5 Å². The van der Waals surface area contributed by atoms with Crippen molar-refractivity contribution in [1.82, 2.24) is 0 Å². The van der Waals surface area contributed by atoms with Crippen LogP contribution in [-0.2, 0) is 16.0 Å². The Hall–Kier alpha value is -3.60. The van der Waals surface area contributed by atoms with Gasteiger partial charge in [-0.15, -0.1) is 0 Å². The van der Waals surface area contributed by atoms with Gasteiger partial charge in [-0.05, 0) is 60.9 Å². The van der Waals surface area contributed by atoms with Crippen LogP contribution in [0.3, 0.4) is 0 Å². The van der Waals surface area contributed by atoms with Crippen molar-refractivity contribution in [3.63, 3.8) is 0 Å². The molecule has 0 spiro atoms. The summed E-state index contributed by atoms with van der Waals surface area (Å²) in [6.07, 6.45) is 0.636. The number of hydrogen-bond donors (Lipinski definition) is 0. The maximum absolute atomic E-state index is 12.3. The Morgan fingerprint density at radius 3 is 2.27 bits per heavy atom. The highest BCUT2D eigenvalue weighted by Crippen LogP contribution is 2.17. The Bertz CT molecular complexity index is 991. The highest BCUT2D eigenvalue weighted by Gasteiger charge is 2.11. The molecule has 0 aliphatic rings. The van der Waals surface area contributed by atoms with Crippen molar-refractivity contribution in [3.8, 4) is 11.5 Å². The van der Waals surface area contributed by atoms with Crippen molar-refractivity contribution in [1.29, 1.82) is 0 Å². The average molecular weight is 404 g/mol. The van der Waals surface area contributed by atoms with Crippen LogP contribution in [-0.4, -0.2) is 25.2 Å². The van der Waals surface area contributed by atoms with Crippen LogP contribution in [0.1, 0.15) is 27.0 Å². The summed E-state index contributed by atoms with van der Waals surface area (Å²) in [5.41, 5.74) is 3.52. The summed E-state index contributed by atoms with van der Waals surface area (Å²) >= 11 is 0. The second-order valence-electron chi connectivity index (χ2n) is 6.99. The van der Waals surface area contributed by atoms with Gasteiger partial charge in [0.15, 0.2) is 6.61 Å². The van der Waals surface area contributed by atoms with Crippen molar-refractivity contribution in [2.75, 3.05) is 13.2 Å². The van der Waals surface area contributed by atoms with Gasteiger partial charge in [-0.2, -0.15) is 0 Å². The molecule has 3 aromatic rings. The minimum absolute atomic E-state index is 0.228. The third-order valence-electron chi connectivity index (χ3n) is 4.32. The van der Waals surface area contributed by atoms with E-state index in [0.717, 1.165) is 16.7 Å². The van der Waals surface area contributed by atoms with Gasteiger partial charge in [0, 0.05) is 6.42 Å². The summed E-state index contributed by atoms with van der Waals surface area (Å²) in [7, 11) is 0. The van der Waals surface area contributed by atoms with Gasteiger partial charge >= 0.3 is 11.9 Å². The lowest BCUT2D eigenvalue weighted by Crippen LogP contribution is -2.18. The molecular weight excluding hydrogens is 380 g/mol. The van der Waals surface area contributed by atoms with Crippen LogP contribution in [0.25, 0.3) is 0 Å². The molecule has 0 aliphatic heterocycles. The maximum Gasteiger partial charge on any atom is 0.349 e. The van der Waals surface area contributed by atoms with E-state index in [0.29, 0.717) is 17.7 Å². The number of ether oxygens (including phenoxy) is 3. The van der Waals surface area contributed by atoms with Gasteiger partial charge in [0.2, 0.25) is 0 Å². The second-order valence-corrected chi connectivity index (χ2v) is 6.99. The fourth-order valence-corrected chi connectivity index (χ4v) is 3.00. The molecule has 0 fully saturated rings. The van der Waals surface area contributed by atoms with Gasteiger partial charge in [-0.3, -0.25) is 0 Å². The molecule has 0 radical (unpaired) electrons. The number of benzene rings is 3. The largest absolute Gasteiger partial charge is 0.482 e. The number of carbonyl (C=O) groups excluding carboxylic acids is 2. The first-order valence-electron chi connectivity index (χ1n) is 9.72. The molecule has 3 aromatic carbocycles. The Kier molecular flexibility index (Phi) is 7.22. The van der Waals surface area contributed by atoms with E-state index in [1.807, 2.05) is 62.4 Å². The number of rotatable bonds is 8. The Morgan fingerprint density at radius 1 is 0.800 bits per heavy atom. The average Bonchev–Trinajstić information content (AvgIpc) is 2.72. The quantitative estimate of drug-likeness (QED) is 0.403. The fourth-order valence-electron chi connectivity index (χ4n) is 3.00. The molecule has 0 atom stereocenters. The molecule has 0 unspecified atom stereocenters. The van der Waals surface area contributed by atoms with Crippen molar-refractivity contribution in [3.05, 3.63) is 95.1 Å². The van der Waals surface area contributed by atoms with Gasteiger partial charge in [0.05, 0.1) is 12.2 Å². The van der Waals surface area contributed by atoms with Crippen molar-refractivity contribution < 1.29 is 23.8 Å². The first-order chi connectivity index (χ1) is 14.5. The van der Waals surface area contributed by atoms with Crippen LogP contribution >= 0.6 is 0 Å². The van der Waals surface area contributed by atoms with E-state index < -0.39 is 11.9 Å². The molecule has 3 rings (SSSR count). The van der Waals surface area contributed by atoms with E-state index in [9.17, 15) is 9.59 Å². The van der Waals surface area contributed by atoms with Crippen LogP contribution < -0.4 is 9.47 Å². The third kappa shape index (κ3) is 6.48. The number of aryl methyl sites for hydroxylation is 2. The standard InChI is InChI=1S/C25H24O5/c1-18-13-19(2)15-23(14-18)29-17-24(26)30-22-10-6-9-21(16-22)25(27)28-12-11-20-7-4-3-5-8-20/h3-10,13-16H,11-12,17H2,1-2H3. The normalized spacial score (nSPS) is 10.3. The molecule has 154 valence electrons. The lowest BCUT2D eigenvalue weighted by atomic mass is 10.1. The Balaban J connectivity index is 1.50. The zero-order valence-electron chi connectivity index (χ0n) is 17.1. The molecule has 0 aliphatic carbocycles. The van der Waals surface area contributed by atoms with Crippen LogP contribution in [0.4, 0.5) is 0 Å². The molecule has 0 heterocycles. The lowest BCUT2D eigenvalue weighted by Gasteiger charge is -2.09. The molecule has 0 N–H and O–H groups in total. The van der Waals surface area contributed by atoms with E-state index in [2.05, 4.69) is 0 Å². The smallest absolute Gasteiger partial charge is 0.349 e. The Labute approximate surface area is 176 Å². The van der Waals surface area contributed by atoms with Gasteiger partial charge in [-0.25, -0.2) is 9.59 Å². The van der Waals surface area contributed by atoms with E-state index in [4.69, 9.17) is 14.2 Å². The van der Waals surface area contributed by atoms with Crippen LogP contribution in [0.2, 0.25) is 0 Å². The molecule has 30 heavy (non-hydrogen) atoms. The summed E-state index contributed by atoms with van der Waals surface area (Å²) in [5.74, 6) is -0.138. The molecule has 0 amide bonds. The predicted molar refractivity (Wildman–Crippen MR) is 114 cm³/mol. The monoisotopic (exact) mass is 404 g/mol. The summed E-state index contributed by atoms with van der Waals surface area (Å²) in [6, 6.07) is 21.9. The van der Waals surface area contributed by atoms with Gasteiger partial charge in [-0.1, -0.05) is 42.5 Å². The maximum atomic E-state index is 12.3. The lowest BCUT2D eigenvalue weighted by molar-refractivity contribution is -0.136. The van der Waals surface area contributed by atoms with Gasteiger partial charge in [0.25, 0.3) is 0 Å². The highest BCUT2D eigenvalue weighted by atomic mass is 16.6. The fraction of sp³-hybridized carbons (Fsp3) is 0.200. The minimum Gasteiger partial charge on any atom is -0.482 e. The van der Waals surface area contributed by atoms with Crippen molar-refractivity contribution >= 4 is 11.9 Å². The van der Waals surface area contributed by atoms with E-state index >= 15 is 0 Å². The molecule has 5 nitrogen and oxygen atoms in total. The number of carbonyl (C=O) groups is 2. The first-order valence-corrected chi connectivity index (χ1v) is 9.72. The number of hydrogen-bond acceptors (Lipinski definition) is 5. The van der Waals surface area contributed by atoms with E-state index in [-0.39, 0.29) is 19.0 Å². The van der Waals surface area contributed by atoms with E-state index in [1.165, 1.54) is 6.07 Å². The summed E-state index contributed by atoms with van der Waals surface area (Å²) in [6.45, 7) is 3.97. The molecule has 0 bridgehead atoms.